The molecule has 1 amide bonds. The molecule has 1 fully saturated rings. The van der Waals surface area contributed by atoms with E-state index in [0.717, 1.165) is 12.1 Å². The summed E-state index contributed by atoms with van der Waals surface area (Å²) in [6, 6.07) is 5.94. The Labute approximate surface area is 164 Å². The van der Waals surface area contributed by atoms with Crippen molar-refractivity contribution >= 4 is 15.9 Å². The number of carbonyl (C=O) groups is 1. The third-order valence-electron chi connectivity index (χ3n) is 4.33. The number of amides is 1. The summed E-state index contributed by atoms with van der Waals surface area (Å²) in [6.45, 7) is 5.88. The van der Waals surface area contributed by atoms with Crippen LogP contribution in [0.4, 0.5) is 0 Å². The van der Waals surface area contributed by atoms with Crippen molar-refractivity contribution < 1.29 is 17.9 Å². The molecule has 1 aliphatic heterocycles. The van der Waals surface area contributed by atoms with Crippen LogP contribution < -0.4 is 10.1 Å². The molecule has 0 saturated carbocycles. The first-order valence-electron chi connectivity index (χ1n) is 8.88. The maximum atomic E-state index is 12.9. The van der Waals surface area contributed by atoms with Gasteiger partial charge in [0, 0.05) is 25.3 Å². The van der Waals surface area contributed by atoms with Gasteiger partial charge in [-0.25, -0.2) is 13.4 Å². The fourth-order valence-electron chi connectivity index (χ4n) is 2.98. The molecule has 9 heteroatoms. The number of sulfonamides is 1. The largest absolute Gasteiger partial charge is 0.437 e. The van der Waals surface area contributed by atoms with Crippen molar-refractivity contribution in [3.8, 4) is 11.6 Å². The second-order valence-electron chi connectivity index (χ2n) is 6.49. The minimum atomic E-state index is -3.66. The molecular formula is C19H22N4O4S. The molecule has 1 aromatic carbocycles. The van der Waals surface area contributed by atoms with Crippen LogP contribution in [0.3, 0.4) is 0 Å². The first-order chi connectivity index (χ1) is 13.4. The third-order valence-corrected chi connectivity index (χ3v) is 6.21. The van der Waals surface area contributed by atoms with E-state index in [1.165, 1.54) is 28.7 Å². The molecule has 0 bridgehead atoms. The predicted octanol–water partition coefficient (Wildman–Crippen LogP) is 2.03. The number of ether oxygens (including phenoxy) is 1. The molecule has 28 heavy (non-hydrogen) atoms. The lowest BCUT2D eigenvalue weighted by Gasteiger charge is -2.32. The van der Waals surface area contributed by atoms with Crippen LogP contribution in [0.25, 0.3) is 0 Å². The van der Waals surface area contributed by atoms with E-state index in [1.54, 1.807) is 25.3 Å². The van der Waals surface area contributed by atoms with Crippen molar-refractivity contribution in [2.75, 3.05) is 13.1 Å². The van der Waals surface area contributed by atoms with Crippen LogP contribution in [0.15, 0.2) is 54.2 Å². The van der Waals surface area contributed by atoms with Crippen LogP contribution in [0, 0.1) is 6.92 Å². The standard InChI is InChI=1S/C19H22N4O4S/c1-3-18(24)22-15-5-4-10-23(13-15)28(25,26)17-8-6-16(7-9-17)27-19-12-20-11-14(2)21-19/h3,6-9,11-12,15H,1,4-5,10,13H2,2H3,(H,22,24)/t15-/m0/s1. The molecular weight excluding hydrogens is 380 g/mol. The SMILES string of the molecule is C=CC(=O)N[C@H]1CCCN(S(=O)(=O)c2ccc(Oc3cncc(C)n3)cc2)C1. The lowest BCUT2D eigenvalue weighted by molar-refractivity contribution is -0.117. The Bertz CT molecular complexity index is 960. The van der Waals surface area contributed by atoms with Gasteiger partial charge in [-0.15, -0.1) is 0 Å². The Morgan fingerprint density at radius 1 is 1.32 bits per heavy atom. The number of piperidine rings is 1. The number of aromatic nitrogens is 2. The summed E-state index contributed by atoms with van der Waals surface area (Å²) >= 11 is 0. The molecule has 0 aliphatic carbocycles. The van der Waals surface area contributed by atoms with Crippen LogP contribution >= 0.6 is 0 Å². The van der Waals surface area contributed by atoms with E-state index in [9.17, 15) is 13.2 Å². The van der Waals surface area contributed by atoms with Crippen LogP contribution in [0.5, 0.6) is 11.6 Å². The minimum absolute atomic E-state index is 0.172. The summed E-state index contributed by atoms with van der Waals surface area (Å²) < 4.78 is 32.9. The molecule has 2 aromatic rings. The Morgan fingerprint density at radius 2 is 2.07 bits per heavy atom. The maximum Gasteiger partial charge on any atom is 0.243 e. The molecule has 1 aromatic heterocycles. The Morgan fingerprint density at radius 3 is 2.75 bits per heavy atom. The minimum Gasteiger partial charge on any atom is -0.437 e. The number of benzene rings is 1. The molecule has 1 saturated heterocycles. The average Bonchev–Trinajstić information content (AvgIpc) is 2.68. The van der Waals surface area contributed by atoms with E-state index in [-0.39, 0.29) is 23.4 Å². The molecule has 148 valence electrons. The van der Waals surface area contributed by atoms with Gasteiger partial charge in [0.25, 0.3) is 0 Å². The number of carbonyl (C=O) groups excluding carboxylic acids is 1. The van der Waals surface area contributed by atoms with E-state index in [0.29, 0.717) is 24.6 Å². The van der Waals surface area contributed by atoms with E-state index in [1.807, 2.05) is 0 Å². The van der Waals surface area contributed by atoms with Gasteiger partial charge in [0.15, 0.2) is 0 Å². The van der Waals surface area contributed by atoms with Crippen molar-refractivity contribution in [2.24, 2.45) is 0 Å². The third kappa shape index (κ3) is 4.73. The normalized spacial score (nSPS) is 17.7. The fraction of sp³-hybridized carbons (Fsp3) is 0.316. The molecule has 3 rings (SSSR count). The van der Waals surface area contributed by atoms with E-state index < -0.39 is 10.0 Å². The monoisotopic (exact) mass is 402 g/mol. The number of hydrogen-bond acceptors (Lipinski definition) is 6. The highest BCUT2D eigenvalue weighted by atomic mass is 32.2. The van der Waals surface area contributed by atoms with Crippen molar-refractivity contribution in [1.29, 1.82) is 0 Å². The Kier molecular flexibility index (Phi) is 6.05. The summed E-state index contributed by atoms with van der Waals surface area (Å²) in [5, 5.41) is 2.77. The average molecular weight is 402 g/mol. The van der Waals surface area contributed by atoms with E-state index in [2.05, 4.69) is 21.9 Å². The first-order valence-corrected chi connectivity index (χ1v) is 10.3. The van der Waals surface area contributed by atoms with Gasteiger partial charge in [-0.05, 0) is 50.1 Å². The van der Waals surface area contributed by atoms with Gasteiger partial charge < -0.3 is 10.1 Å². The zero-order chi connectivity index (χ0) is 20.1. The summed E-state index contributed by atoms with van der Waals surface area (Å²) in [5.41, 5.74) is 0.722. The number of nitrogens with zero attached hydrogens (tertiary/aromatic N) is 3. The second-order valence-corrected chi connectivity index (χ2v) is 8.43. The number of nitrogens with one attached hydrogen (secondary N) is 1. The topological polar surface area (TPSA) is 101 Å². The van der Waals surface area contributed by atoms with Gasteiger partial charge in [0.1, 0.15) is 5.75 Å². The predicted molar refractivity (Wildman–Crippen MR) is 103 cm³/mol. The summed E-state index contributed by atoms with van der Waals surface area (Å²) in [5.74, 6) is 0.506. The lowest BCUT2D eigenvalue weighted by atomic mass is 10.1. The van der Waals surface area contributed by atoms with Crippen molar-refractivity contribution in [1.82, 2.24) is 19.6 Å². The van der Waals surface area contributed by atoms with Gasteiger partial charge in [0.2, 0.25) is 21.8 Å². The summed E-state index contributed by atoms with van der Waals surface area (Å²) in [6.07, 6.45) is 5.70. The molecule has 1 N–H and O–H groups in total. The van der Waals surface area contributed by atoms with Crippen molar-refractivity contribution in [3.63, 3.8) is 0 Å². The highest BCUT2D eigenvalue weighted by Gasteiger charge is 2.30. The molecule has 8 nitrogen and oxygen atoms in total. The highest BCUT2D eigenvalue weighted by Crippen LogP contribution is 2.25. The van der Waals surface area contributed by atoms with Gasteiger partial charge in [0.05, 0.1) is 16.8 Å². The Balaban J connectivity index is 1.71. The zero-order valence-corrected chi connectivity index (χ0v) is 16.4. The molecule has 2 heterocycles. The second kappa shape index (κ2) is 8.49. The fourth-order valence-corrected chi connectivity index (χ4v) is 4.50. The lowest BCUT2D eigenvalue weighted by Crippen LogP contribution is -2.49. The van der Waals surface area contributed by atoms with Gasteiger partial charge in [-0.1, -0.05) is 6.58 Å². The quantitative estimate of drug-likeness (QED) is 0.742. The van der Waals surface area contributed by atoms with Crippen LogP contribution in [-0.2, 0) is 14.8 Å². The maximum absolute atomic E-state index is 12.9. The van der Waals surface area contributed by atoms with Gasteiger partial charge >= 0.3 is 0 Å². The van der Waals surface area contributed by atoms with Crippen LogP contribution in [0.2, 0.25) is 0 Å². The van der Waals surface area contributed by atoms with Crippen LogP contribution in [0.1, 0.15) is 18.5 Å². The molecule has 1 aliphatic rings. The molecule has 1 atom stereocenters. The van der Waals surface area contributed by atoms with Crippen molar-refractivity contribution in [2.45, 2.75) is 30.7 Å². The number of rotatable bonds is 6. The molecule has 0 unspecified atom stereocenters. The van der Waals surface area contributed by atoms with E-state index >= 15 is 0 Å². The molecule has 0 spiro atoms. The number of aryl methyl sites for hydroxylation is 1. The highest BCUT2D eigenvalue weighted by molar-refractivity contribution is 7.89. The number of hydrogen-bond donors (Lipinski definition) is 1. The smallest absolute Gasteiger partial charge is 0.243 e. The summed E-state index contributed by atoms with van der Waals surface area (Å²) in [4.78, 5) is 19.9. The van der Waals surface area contributed by atoms with Crippen LogP contribution in [-0.4, -0.2) is 47.7 Å². The summed E-state index contributed by atoms with van der Waals surface area (Å²) in [7, 11) is -3.66. The Hall–Kier alpha value is -2.78. The van der Waals surface area contributed by atoms with Gasteiger partial charge in [-0.2, -0.15) is 4.31 Å². The van der Waals surface area contributed by atoms with Crippen molar-refractivity contribution in [3.05, 3.63) is 55.0 Å². The molecule has 0 radical (unpaired) electrons. The zero-order valence-electron chi connectivity index (χ0n) is 15.5. The van der Waals surface area contributed by atoms with E-state index in [4.69, 9.17) is 4.74 Å². The first kappa shape index (κ1) is 20.0. The van der Waals surface area contributed by atoms with Gasteiger partial charge in [-0.3, -0.25) is 9.78 Å².